The van der Waals surface area contributed by atoms with Crippen molar-refractivity contribution >= 4 is 17.5 Å². The number of piperazine rings is 1. The van der Waals surface area contributed by atoms with Gasteiger partial charge in [-0.25, -0.2) is 0 Å². The second-order valence-electron chi connectivity index (χ2n) is 5.73. The van der Waals surface area contributed by atoms with Crippen LogP contribution in [0.3, 0.4) is 0 Å². The molecule has 0 spiro atoms. The van der Waals surface area contributed by atoms with Gasteiger partial charge in [-0.2, -0.15) is 0 Å². The third-order valence-electron chi connectivity index (χ3n) is 4.18. The molecule has 0 bridgehead atoms. The van der Waals surface area contributed by atoms with Gasteiger partial charge in [0.25, 0.3) is 0 Å². The molecule has 0 saturated carbocycles. The van der Waals surface area contributed by atoms with Crippen LogP contribution in [0.2, 0.25) is 0 Å². The maximum absolute atomic E-state index is 12.5. The molecule has 0 unspecified atom stereocenters. The molecular weight excluding hydrogens is 282 g/mol. The van der Waals surface area contributed by atoms with Crippen molar-refractivity contribution in [1.82, 2.24) is 9.80 Å². The first kappa shape index (κ1) is 14.8. The number of amides is 2. The predicted octanol–water partition coefficient (Wildman–Crippen LogP) is 0.576. The number of para-hydroxylation sites is 2. The first-order valence-corrected chi connectivity index (χ1v) is 7.63. The van der Waals surface area contributed by atoms with E-state index in [0.29, 0.717) is 24.5 Å². The summed E-state index contributed by atoms with van der Waals surface area (Å²) >= 11 is 0. The monoisotopic (exact) mass is 303 g/mol. The second-order valence-corrected chi connectivity index (χ2v) is 5.73. The molecule has 6 nitrogen and oxygen atoms in total. The maximum atomic E-state index is 12.5. The van der Waals surface area contributed by atoms with Crippen LogP contribution in [0.5, 0.6) is 5.75 Å². The molecule has 22 heavy (non-hydrogen) atoms. The van der Waals surface area contributed by atoms with E-state index in [1.165, 1.54) is 0 Å². The lowest BCUT2D eigenvalue weighted by atomic mass is 10.2. The lowest BCUT2D eigenvalue weighted by molar-refractivity contribution is -0.132. The normalized spacial score (nSPS) is 19.4. The number of hydrogen-bond acceptors (Lipinski definition) is 4. The summed E-state index contributed by atoms with van der Waals surface area (Å²) in [6, 6.07) is 7.39. The van der Waals surface area contributed by atoms with E-state index in [1.807, 2.05) is 36.2 Å². The van der Waals surface area contributed by atoms with Gasteiger partial charge in [-0.1, -0.05) is 12.1 Å². The Balaban J connectivity index is 1.75. The molecule has 2 aliphatic heterocycles. The van der Waals surface area contributed by atoms with Gasteiger partial charge in [0.15, 0.2) is 0 Å². The molecular formula is C16H21N3O3. The SMILES string of the molecule is CN1CCN(C(=O)CN2C(=O)CCOc3ccccc32)CC1. The molecule has 0 N–H and O–H groups in total. The number of fused-ring (bicyclic) bond motifs is 1. The van der Waals surface area contributed by atoms with Crippen molar-refractivity contribution in [2.75, 3.05) is 51.3 Å². The number of nitrogens with zero attached hydrogens (tertiary/aromatic N) is 3. The van der Waals surface area contributed by atoms with Gasteiger partial charge in [-0.05, 0) is 19.2 Å². The van der Waals surface area contributed by atoms with Crippen LogP contribution in [0.1, 0.15) is 6.42 Å². The number of carbonyl (C=O) groups is 2. The van der Waals surface area contributed by atoms with Gasteiger partial charge in [-0.15, -0.1) is 0 Å². The number of benzene rings is 1. The number of carbonyl (C=O) groups excluding carboxylic acids is 2. The molecule has 2 aliphatic rings. The van der Waals surface area contributed by atoms with Gasteiger partial charge < -0.3 is 14.5 Å². The highest BCUT2D eigenvalue weighted by molar-refractivity contribution is 6.00. The van der Waals surface area contributed by atoms with E-state index in [2.05, 4.69) is 4.90 Å². The van der Waals surface area contributed by atoms with Crippen LogP contribution in [0, 0.1) is 0 Å². The molecule has 0 atom stereocenters. The Morgan fingerprint density at radius 3 is 2.68 bits per heavy atom. The number of hydrogen-bond donors (Lipinski definition) is 0. The lowest BCUT2D eigenvalue weighted by Crippen LogP contribution is -2.50. The molecule has 0 aromatic heterocycles. The third-order valence-corrected chi connectivity index (χ3v) is 4.18. The van der Waals surface area contributed by atoms with Gasteiger partial charge >= 0.3 is 0 Å². The number of likely N-dealkylation sites (N-methyl/N-ethyl adjacent to an activating group) is 1. The highest BCUT2D eigenvalue weighted by Crippen LogP contribution is 2.30. The van der Waals surface area contributed by atoms with E-state index in [4.69, 9.17) is 4.74 Å². The average Bonchev–Trinajstić information content (AvgIpc) is 2.68. The zero-order valence-electron chi connectivity index (χ0n) is 12.8. The maximum Gasteiger partial charge on any atom is 0.242 e. The van der Waals surface area contributed by atoms with Crippen LogP contribution in [0.25, 0.3) is 0 Å². The topological polar surface area (TPSA) is 53.1 Å². The Hall–Kier alpha value is -2.08. The lowest BCUT2D eigenvalue weighted by Gasteiger charge is -2.33. The summed E-state index contributed by atoms with van der Waals surface area (Å²) in [4.78, 5) is 30.4. The number of ether oxygens (including phenoxy) is 1. The Kier molecular flexibility index (Phi) is 4.29. The van der Waals surface area contributed by atoms with Crippen molar-refractivity contribution < 1.29 is 14.3 Å². The minimum Gasteiger partial charge on any atom is -0.491 e. The van der Waals surface area contributed by atoms with E-state index < -0.39 is 0 Å². The van der Waals surface area contributed by atoms with E-state index >= 15 is 0 Å². The Morgan fingerprint density at radius 1 is 1.18 bits per heavy atom. The summed E-state index contributed by atoms with van der Waals surface area (Å²) in [6.07, 6.45) is 0.296. The zero-order valence-corrected chi connectivity index (χ0v) is 12.8. The van der Waals surface area contributed by atoms with Crippen LogP contribution in [0.4, 0.5) is 5.69 Å². The van der Waals surface area contributed by atoms with Gasteiger partial charge in [0.05, 0.1) is 18.7 Å². The molecule has 1 saturated heterocycles. The van der Waals surface area contributed by atoms with E-state index in [0.717, 1.165) is 26.2 Å². The Bertz CT molecular complexity index is 568. The van der Waals surface area contributed by atoms with Crippen molar-refractivity contribution in [1.29, 1.82) is 0 Å². The summed E-state index contributed by atoms with van der Waals surface area (Å²) in [5.41, 5.74) is 0.687. The summed E-state index contributed by atoms with van der Waals surface area (Å²) < 4.78 is 5.60. The highest BCUT2D eigenvalue weighted by atomic mass is 16.5. The van der Waals surface area contributed by atoms with Gasteiger partial charge in [-0.3, -0.25) is 14.5 Å². The van der Waals surface area contributed by atoms with Gasteiger partial charge in [0.2, 0.25) is 11.8 Å². The summed E-state index contributed by atoms with van der Waals surface area (Å²) in [5.74, 6) is 0.602. The zero-order chi connectivity index (χ0) is 15.5. The summed E-state index contributed by atoms with van der Waals surface area (Å²) in [5, 5.41) is 0. The van der Waals surface area contributed by atoms with Gasteiger partial charge in [0, 0.05) is 26.2 Å². The molecule has 1 fully saturated rings. The van der Waals surface area contributed by atoms with Crippen molar-refractivity contribution in [3.8, 4) is 5.75 Å². The fourth-order valence-electron chi connectivity index (χ4n) is 2.78. The van der Waals surface area contributed by atoms with Crippen LogP contribution in [-0.2, 0) is 9.59 Å². The van der Waals surface area contributed by atoms with Crippen LogP contribution < -0.4 is 9.64 Å². The molecule has 2 amide bonds. The third kappa shape index (κ3) is 3.06. The average molecular weight is 303 g/mol. The molecule has 0 radical (unpaired) electrons. The highest BCUT2D eigenvalue weighted by Gasteiger charge is 2.27. The van der Waals surface area contributed by atoms with Crippen molar-refractivity contribution in [3.05, 3.63) is 24.3 Å². The summed E-state index contributed by atoms with van der Waals surface area (Å²) in [7, 11) is 2.05. The molecule has 118 valence electrons. The Labute approximate surface area is 130 Å². The van der Waals surface area contributed by atoms with Crippen molar-refractivity contribution in [3.63, 3.8) is 0 Å². The number of anilines is 1. The smallest absolute Gasteiger partial charge is 0.242 e. The molecule has 0 aliphatic carbocycles. The minimum absolute atomic E-state index is 0.00171. The quantitative estimate of drug-likeness (QED) is 0.802. The van der Waals surface area contributed by atoms with Gasteiger partial charge in [0.1, 0.15) is 12.3 Å². The Morgan fingerprint density at radius 2 is 1.91 bits per heavy atom. The van der Waals surface area contributed by atoms with Crippen LogP contribution in [-0.4, -0.2) is 68.0 Å². The molecule has 2 heterocycles. The minimum atomic E-state index is -0.0626. The number of rotatable bonds is 2. The van der Waals surface area contributed by atoms with Crippen molar-refractivity contribution in [2.24, 2.45) is 0 Å². The molecule has 1 aromatic rings. The summed E-state index contributed by atoms with van der Waals surface area (Å²) in [6.45, 7) is 3.63. The van der Waals surface area contributed by atoms with E-state index in [-0.39, 0.29) is 18.4 Å². The molecule has 1 aromatic carbocycles. The van der Waals surface area contributed by atoms with Crippen molar-refractivity contribution in [2.45, 2.75) is 6.42 Å². The van der Waals surface area contributed by atoms with E-state index in [9.17, 15) is 9.59 Å². The van der Waals surface area contributed by atoms with Crippen LogP contribution >= 0.6 is 0 Å². The second kappa shape index (κ2) is 6.36. The standard InChI is InChI=1S/C16H21N3O3/c1-17-7-9-18(10-8-17)16(21)12-19-13-4-2-3-5-14(13)22-11-6-15(19)20/h2-5H,6-12H2,1H3. The largest absolute Gasteiger partial charge is 0.491 e. The molecule has 6 heteroatoms. The van der Waals surface area contributed by atoms with E-state index in [1.54, 1.807) is 4.90 Å². The fourth-order valence-corrected chi connectivity index (χ4v) is 2.78. The van der Waals surface area contributed by atoms with Crippen LogP contribution in [0.15, 0.2) is 24.3 Å². The molecule has 3 rings (SSSR count). The fraction of sp³-hybridized carbons (Fsp3) is 0.500. The predicted molar refractivity (Wildman–Crippen MR) is 83.0 cm³/mol. The first-order chi connectivity index (χ1) is 10.6. The first-order valence-electron chi connectivity index (χ1n) is 7.63.